The average Bonchev–Trinajstić information content (AvgIpc) is 2.62. The number of aromatic hydroxyl groups is 2. The van der Waals surface area contributed by atoms with Crippen LogP contribution in [0.25, 0.3) is 6.08 Å². The van der Waals surface area contributed by atoms with Gasteiger partial charge in [0.25, 0.3) is 11.8 Å². The summed E-state index contributed by atoms with van der Waals surface area (Å²) in [5, 5.41) is 30.8. The van der Waals surface area contributed by atoms with Crippen LogP contribution in [0.15, 0.2) is 53.6 Å². The Balaban J connectivity index is 2.03. The Morgan fingerprint density at radius 1 is 1.00 bits per heavy atom. The number of rotatable bonds is 5. The lowest BCUT2D eigenvalue weighted by molar-refractivity contribution is -0.124. The summed E-state index contributed by atoms with van der Waals surface area (Å²) in [6.45, 7) is 0. The van der Waals surface area contributed by atoms with Gasteiger partial charge in [0.05, 0.1) is 6.21 Å². The molecule has 0 fully saturated rings. The van der Waals surface area contributed by atoms with Gasteiger partial charge in [0.2, 0.25) is 0 Å². The molecule has 128 valence electrons. The van der Waals surface area contributed by atoms with Crippen molar-refractivity contribution in [3.05, 3.63) is 65.2 Å². The largest absolute Gasteiger partial charge is 0.504 e. The molecule has 0 aliphatic rings. The van der Waals surface area contributed by atoms with E-state index in [1.165, 1.54) is 36.0 Å². The molecule has 2 aromatic rings. The van der Waals surface area contributed by atoms with Gasteiger partial charge in [-0.2, -0.15) is 5.10 Å². The second-order valence-electron chi connectivity index (χ2n) is 4.88. The summed E-state index contributed by atoms with van der Waals surface area (Å²) in [6, 6.07) is 10.5. The molecule has 0 radical (unpaired) electrons. The molecular weight excluding hydrogens is 326 g/mol. The van der Waals surface area contributed by atoms with Crippen LogP contribution in [0.1, 0.15) is 21.5 Å². The van der Waals surface area contributed by atoms with E-state index in [2.05, 4.69) is 10.5 Å². The molecule has 0 aliphatic carbocycles. The van der Waals surface area contributed by atoms with Gasteiger partial charge < -0.3 is 10.2 Å². The second-order valence-corrected chi connectivity index (χ2v) is 4.88. The number of nitrogens with one attached hydrogen (secondary N) is 2. The van der Waals surface area contributed by atoms with Crippen molar-refractivity contribution >= 4 is 24.1 Å². The highest BCUT2D eigenvalue weighted by Crippen LogP contribution is 2.23. The highest BCUT2D eigenvalue weighted by molar-refractivity contribution is 5.96. The lowest BCUT2D eigenvalue weighted by Crippen LogP contribution is -2.17. The number of phenols is 2. The van der Waals surface area contributed by atoms with Crippen LogP contribution in [0.2, 0.25) is 0 Å². The van der Waals surface area contributed by atoms with Crippen molar-refractivity contribution in [2.45, 2.75) is 0 Å². The van der Waals surface area contributed by atoms with E-state index in [0.29, 0.717) is 16.7 Å². The van der Waals surface area contributed by atoms with Crippen molar-refractivity contribution in [1.82, 2.24) is 10.9 Å². The zero-order valence-corrected chi connectivity index (χ0v) is 12.9. The van der Waals surface area contributed by atoms with Gasteiger partial charge in [-0.25, -0.2) is 10.9 Å². The molecule has 2 aromatic carbocycles. The maximum Gasteiger partial charge on any atom is 0.271 e. The maximum atomic E-state index is 12.0. The van der Waals surface area contributed by atoms with Crippen molar-refractivity contribution < 1.29 is 25.0 Å². The standard InChI is InChI=1S/C17H15N3O5/c21-14-6-4-12(9-15(14)22)10-18-19-17(24)13-3-1-2-11(8-13)5-7-16(23)20-25/h1-10,21-22,25H,(H,19,24)(H,20,23)/b7-5+,18-10+. The van der Waals surface area contributed by atoms with Gasteiger partial charge in [0, 0.05) is 11.6 Å². The normalized spacial score (nSPS) is 10.9. The van der Waals surface area contributed by atoms with Gasteiger partial charge in [-0.3, -0.25) is 14.8 Å². The molecule has 0 unspecified atom stereocenters. The number of hydroxylamine groups is 1. The lowest BCUT2D eigenvalue weighted by Gasteiger charge is -2.02. The van der Waals surface area contributed by atoms with Gasteiger partial charge in [-0.05, 0) is 47.5 Å². The molecule has 0 saturated carbocycles. The Morgan fingerprint density at radius 2 is 1.80 bits per heavy atom. The zero-order valence-electron chi connectivity index (χ0n) is 12.9. The smallest absolute Gasteiger partial charge is 0.271 e. The van der Waals surface area contributed by atoms with Gasteiger partial charge in [0.15, 0.2) is 11.5 Å². The molecule has 8 heteroatoms. The molecule has 25 heavy (non-hydrogen) atoms. The van der Waals surface area contributed by atoms with Crippen LogP contribution in [0.3, 0.4) is 0 Å². The van der Waals surface area contributed by atoms with Crippen LogP contribution in [-0.4, -0.2) is 33.4 Å². The molecule has 5 N–H and O–H groups in total. The lowest BCUT2D eigenvalue weighted by atomic mass is 10.1. The molecule has 8 nitrogen and oxygen atoms in total. The molecule has 0 bridgehead atoms. The minimum atomic E-state index is -0.684. The summed E-state index contributed by atoms with van der Waals surface area (Å²) in [5.74, 6) is -1.69. The van der Waals surface area contributed by atoms with Crippen molar-refractivity contribution in [1.29, 1.82) is 0 Å². The first-order valence-electron chi connectivity index (χ1n) is 7.07. The van der Waals surface area contributed by atoms with Gasteiger partial charge in [-0.1, -0.05) is 12.1 Å². The molecule has 0 spiro atoms. The van der Waals surface area contributed by atoms with Crippen molar-refractivity contribution in [3.63, 3.8) is 0 Å². The van der Waals surface area contributed by atoms with Crippen LogP contribution in [0.4, 0.5) is 0 Å². The first-order chi connectivity index (χ1) is 12.0. The topological polar surface area (TPSA) is 131 Å². The summed E-state index contributed by atoms with van der Waals surface area (Å²) in [4.78, 5) is 23.0. The molecule has 0 atom stereocenters. The maximum absolute atomic E-state index is 12.0. The number of benzene rings is 2. The van der Waals surface area contributed by atoms with E-state index < -0.39 is 11.8 Å². The van der Waals surface area contributed by atoms with E-state index in [1.807, 2.05) is 0 Å². The summed E-state index contributed by atoms with van der Waals surface area (Å²) < 4.78 is 0. The number of nitrogens with zero attached hydrogens (tertiary/aromatic N) is 1. The fourth-order valence-electron chi connectivity index (χ4n) is 1.84. The number of hydrazone groups is 1. The molecule has 0 aromatic heterocycles. The van der Waals surface area contributed by atoms with Crippen LogP contribution in [0, 0.1) is 0 Å². The Morgan fingerprint density at radius 3 is 2.52 bits per heavy atom. The number of phenolic OH excluding ortho intramolecular Hbond substituents is 2. The minimum absolute atomic E-state index is 0.249. The van der Waals surface area contributed by atoms with Crippen molar-refractivity contribution in [2.75, 3.05) is 0 Å². The number of carbonyl (C=O) groups excluding carboxylic acids is 2. The fourth-order valence-corrected chi connectivity index (χ4v) is 1.84. The molecule has 0 aliphatic heterocycles. The number of carbonyl (C=O) groups is 2. The number of hydrogen-bond donors (Lipinski definition) is 5. The third kappa shape index (κ3) is 5.19. The van der Waals surface area contributed by atoms with E-state index >= 15 is 0 Å². The number of amides is 2. The van der Waals surface area contributed by atoms with Crippen LogP contribution in [0.5, 0.6) is 11.5 Å². The van der Waals surface area contributed by atoms with Crippen molar-refractivity contribution in [2.24, 2.45) is 5.10 Å². The Hall–Kier alpha value is -3.65. The predicted molar refractivity (Wildman–Crippen MR) is 90.2 cm³/mol. The Kier molecular flexibility index (Phi) is 5.86. The van der Waals surface area contributed by atoms with E-state index in [4.69, 9.17) is 5.21 Å². The van der Waals surface area contributed by atoms with Gasteiger partial charge in [-0.15, -0.1) is 0 Å². The minimum Gasteiger partial charge on any atom is -0.504 e. The zero-order chi connectivity index (χ0) is 18.2. The molecule has 2 rings (SSSR count). The highest BCUT2D eigenvalue weighted by atomic mass is 16.5. The predicted octanol–water partition coefficient (Wildman–Crippen LogP) is 1.38. The fraction of sp³-hybridized carbons (Fsp3) is 0. The van der Waals surface area contributed by atoms with E-state index in [0.717, 1.165) is 6.08 Å². The molecule has 2 amide bonds. The summed E-state index contributed by atoms with van der Waals surface area (Å²) in [6.07, 6.45) is 3.86. The summed E-state index contributed by atoms with van der Waals surface area (Å²) in [5.41, 5.74) is 5.19. The van der Waals surface area contributed by atoms with Crippen LogP contribution >= 0.6 is 0 Å². The summed E-state index contributed by atoms with van der Waals surface area (Å²) >= 11 is 0. The Labute approximate surface area is 142 Å². The monoisotopic (exact) mass is 341 g/mol. The third-order valence-corrected chi connectivity index (χ3v) is 3.07. The molecular formula is C17H15N3O5. The first-order valence-corrected chi connectivity index (χ1v) is 7.07. The molecule has 0 saturated heterocycles. The van der Waals surface area contributed by atoms with Gasteiger partial charge in [0.1, 0.15) is 0 Å². The average molecular weight is 341 g/mol. The SMILES string of the molecule is O=C(/C=C/c1cccc(C(=O)N/N=C/c2ccc(O)c(O)c2)c1)NO. The summed E-state index contributed by atoms with van der Waals surface area (Å²) in [7, 11) is 0. The van der Waals surface area contributed by atoms with Crippen LogP contribution in [-0.2, 0) is 4.79 Å². The Bertz CT molecular complexity index is 846. The van der Waals surface area contributed by atoms with E-state index in [-0.39, 0.29) is 11.5 Å². The molecule has 0 heterocycles. The second kappa shape index (κ2) is 8.27. The quantitative estimate of drug-likeness (QED) is 0.184. The van der Waals surface area contributed by atoms with Gasteiger partial charge >= 0.3 is 0 Å². The third-order valence-electron chi connectivity index (χ3n) is 3.07. The van der Waals surface area contributed by atoms with E-state index in [9.17, 15) is 19.8 Å². The highest BCUT2D eigenvalue weighted by Gasteiger charge is 2.04. The van der Waals surface area contributed by atoms with E-state index in [1.54, 1.807) is 24.3 Å². The van der Waals surface area contributed by atoms with Crippen molar-refractivity contribution in [3.8, 4) is 11.5 Å². The van der Waals surface area contributed by atoms with Crippen LogP contribution < -0.4 is 10.9 Å². The first kappa shape index (κ1) is 17.7. The number of hydrogen-bond acceptors (Lipinski definition) is 6.